The number of ether oxygens (including phenoxy) is 1. The van der Waals surface area contributed by atoms with Crippen LogP contribution in [-0.4, -0.2) is 11.3 Å². The molecule has 0 fully saturated rings. The molecule has 1 atom stereocenters. The van der Waals surface area contributed by atoms with Gasteiger partial charge in [-0.2, -0.15) is 0 Å². The maximum absolute atomic E-state index is 11.9. The maximum atomic E-state index is 11.9. The number of hydrogen-bond donors (Lipinski definition) is 0. The Balaban J connectivity index is 1.93. The molecule has 2 aromatic carbocycles. The second-order valence-electron chi connectivity index (χ2n) is 3.84. The highest BCUT2D eigenvalue weighted by Crippen LogP contribution is 2.12. The molecule has 92 valence electrons. The van der Waals surface area contributed by atoms with Gasteiger partial charge < -0.3 is 4.74 Å². The van der Waals surface area contributed by atoms with Crippen molar-refractivity contribution in [3.63, 3.8) is 0 Å². The predicted molar refractivity (Wildman–Crippen MR) is 71.6 cm³/mol. The zero-order valence-corrected chi connectivity index (χ0v) is 10.5. The van der Waals surface area contributed by atoms with Crippen molar-refractivity contribution in [3.8, 4) is 0 Å². The first-order valence-electron chi connectivity index (χ1n) is 5.66. The normalized spacial score (nSPS) is 12.1. The van der Waals surface area contributed by atoms with Crippen molar-refractivity contribution >= 4 is 17.4 Å². The summed E-state index contributed by atoms with van der Waals surface area (Å²) >= 11 is 5.94. The summed E-state index contributed by atoms with van der Waals surface area (Å²) < 4.78 is 5.36. The molecule has 3 heteroatoms. The van der Waals surface area contributed by atoms with Gasteiger partial charge in [0.1, 0.15) is 0 Å². The van der Waals surface area contributed by atoms with E-state index in [0.717, 1.165) is 5.56 Å². The van der Waals surface area contributed by atoms with Crippen LogP contribution in [0.2, 0.25) is 0 Å². The van der Waals surface area contributed by atoms with Crippen LogP contribution in [0.4, 0.5) is 0 Å². The van der Waals surface area contributed by atoms with Gasteiger partial charge in [0.2, 0.25) is 5.78 Å². The molecule has 0 spiro atoms. The van der Waals surface area contributed by atoms with E-state index in [2.05, 4.69) is 0 Å². The van der Waals surface area contributed by atoms with Gasteiger partial charge >= 0.3 is 0 Å². The highest BCUT2D eigenvalue weighted by molar-refractivity contribution is 6.32. The lowest BCUT2D eigenvalue weighted by Crippen LogP contribution is -2.18. The third-order valence-electron chi connectivity index (χ3n) is 2.50. The van der Waals surface area contributed by atoms with Crippen molar-refractivity contribution in [1.82, 2.24) is 0 Å². The number of ketones is 1. The Kier molecular flexibility index (Phi) is 4.51. The summed E-state index contributed by atoms with van der Waals surface area (Å²) in [6, 6.07) is 18.5. The van der Waals surface area contributed by atoms with E-state index in [1.54, 1.807) is 24.3 Å². The van der Waals surface area contributed by atoms with Gasteiger partial charge in [-0.05, 0) is 5.56 Å². The second kappa shape index (κ2) is 6.34. The van der Waals surface area contributed by atoms with Gasteiger partial charge in [-0.1, -0.05) is 72.3 Å². The summed E-state index contributed by atoms with van der Waals surface area (Å²) in [6.07, 6.45) is 0. The van der Waals surface area contributed by atoms with Crippen LogP contribution >= 0.6 is 11.6 Å². The summed E-state index contributed by atoms with van der Waals surface area (Å²) in [5.41, 5.74) is 0.599. The SMILES string of the molecule is O=C(c1ccccc1)C(Cl)OCc1ccccc1. The first-order chi connectivity index (χ1) is 8.77. The van der Waals surface area contributed by atoms with E-state index in [-0.39, 0.29) is 5.78 Å². The van der Waals surface area contributed by atoms with E-state index in [0.29, 0.717) is 12.2 Å². The molecule has 0 aromatic heterocycles. The molecule has 0 heterocycles. The van der Waals surface area contributed by atoms with Gasteiger partial charge in [-0.3, -0.25) is 4.79 Å². The monoisotopic (exact) mass is 260 g/mol. The summed E-state index contributed by atoms with van der Waals surface area (Å²) in [6.45, 7) is 0.327. The van der Waals surface area contributed by atoms with Crippen LogP contribution in [0, 0.1) is 0 Å². The maximum Gasteiger partial charge on any atom is 0.206 e. The Hall–Kier alpha value is -1.64. The van der Waals surface area contributed by atoms with Gasteiger partial charge in [-0.25, -0.2) is 0 Å². The molecule has 0 N–H and O–H groups in total. The largest absolute Gasteiger partial charge is 0.350 e. The lowest BCUT2D eigenvalue weighted by atomic mass is 10.1. The van der Waals surface area contributed by atoms with Crippen LogP contribution in [0.25, 0.3) is 0 Å². The fourth-order valence-electron chi connectivity index (χ4n) is 1.55. The average Bonchev–Trinajstić information content (AvgIpc) is 2.46. The predicted octanol–water partition coefficient (Wildman–Crippen LogP) is 3.65. The quantitative estimate of drug-likeness (QED) is 0.606. The number of hydrogen-bond acceptors (Lipinski definition) is 2. The summed E-state index contributed by atoms with van der Waals surface area (Å²) in [7, 11) is 0. The van der Waals surface area contributed by atoms with Crippen LogP contribution in [0.5, 0.6) is 0 Å². The van der Waals surface area contributed by atoms with Crippen molar-refractivity contribution < 1.29 is 9.53 Å². The lowest BCUT2D eigenvalue weighted by Gasteiger charge is -2.10. The van der Waals surface area contributed by atoms with Crippen molar-refractivity contribution in [2.75, 3.05) is 0 Å². The molecule has 0 aliphatic heterocycles. The molecule has 1 unspecified atom stereocenters. The molecule has 2 aromatic rings. The second-order valence-corrected chi connectivity index (χ2v) is 4.24. The lowest BCUT2D eigenvalue weighted by molar-refractivity contribution is 0.0613. The molecular weight excluding hydrogens is 248 g/mol. The van der Waals surface area contributed by atoms with Gasteiger partial charge in [0.15, 0.2) is 5.56 Å². The molecule has 0 amide bonds. The van der Waals surface area contributed by atoms with Gasteiger partial charge in [0.05, 0.1) is 6.61 Å². The minimum Gasteiger partial charge on any atom is -0.350 e. The first-order valence-corrected chi connectivity index (χ1v) is 6.10. The highest BCUT2D eigenvalue weighted by Gasteiger charge is 2.17. The van der Waals surface area contributed by atoms with Crippen molar-refractivity contribution in [3.05, 3.63) is 71.8 Å². The zero-order valence-electron chi connectivity index (χ0n) is 9.75. The summed E-state index contributed by atoms with van der Waals surface area (Å²) in [5, 5.41) is 0. The number of Topliss-reactive ketones (excluding diaryl/α,β-unsaturated/α-hetero) is 1. The Morgan fingerprint density at radius 3 is 2.17 bits per heavy atom. The number of rotatable bonds is 5. The van der Waals surface area contributed by atoms with E-state index < -0.39 is 5.56 Å². The van der Waals surface area contributed by atoms with Gasteiger partial charge in [-0.15, -0.1) is 0 Å². The third-order valence-corrected chi connectivity index (χ3v) is 2.83. The number of halogens is 1. The van der Waals surface area contributed by atoms with Gasteiger partial charge in [0, 0.05) is 5.56 Å². The Morgan fingerprint density at radius 1 is 1.00 bits per heavy atom. The zero-order chi connectivity index (χ0) is 12.8. The Bertz CT molecular complexity index is 496. The fourth-order valence-corrected chi connectivity index (χ4v) is 1.74. The Labute approximate surface area is 111 Å². The van der Waals surface area contributed by atoms with Crippen LogP contribution in [-0.2, 0) is 11.3 Å². The minimum atomic E-state index is -0.951. The average molecular weight is 261 g/mol. The van der Waals surface area contributed by atoms with Crippen LogP contribution in [0.15, 0.2) is 60.7 Å². The van der Waals surface area contributed by atoms with Crippen molar-refractivity contribution in [2.45, 2.75) is 12.2 Å². The highest BCUT2D eigenvalue weighted by atomic mass is 35.5. The fraction of sp³-hybridized carbons (Fsp3) is 0.133. The molecule has 0 aliphatic carbocycles. The molecule has 2 rings (SSSR count). The summed E-state index contributed by atoms with van der Waals surface area (Å²) in [4.78, 5) is 11.9. The number of benzene rings is 2. The number of carbonyl (C=O) groups is 1. The molecular formula is C15H13ClO2. The standard InChI is InChI=1S/C15H13ClO2/c16-15(14(17)13-9-5-2-6-10-13)18-11-12-7-3-1-4-8-12/h1-10,15H,11H2. The van der Waals surface area contributed by atoms with E-state index in [1.165, 1.54) is 0 Å². The number of carbonyl (C=O) groups excluding carboxylic acids is 1. The summed E-state index contributed by atoms with van der Waals surface area (Å²) in [5.74, 6) is -0.215. The van der Waals surface area contributed by atoms with Crippen LogP contribution in [0.1, 0.15) is 15.9 Å². The molecule has 18 heavy (non-hydrogen) atoms. The van der Waals surface area contributed by atoms with E-state index in [1.807, 2.05) is 36.4 Å². The van der Waals surface area contributed by atoms with E-state index in [4.69, 9.17) is 16.3 Å². The Morgan fingerprint density at radius 2 is 1.56 bits per heavy atom. The molecule has 0 radical (unpaired) electrons. The molecule has 0 aliphatic rings. The van der Waals surface area contributed by atoms with E-state index >= 15 is 0 Å². The van der Waals surface area contributed by atoms with Crippen molar-refractivity contribution in [1.29, 1.82) is 0 Å². The number of alkyl halides is 1. The van der Waals surface area contributed by atoms with E-state index in [9.17, 15) is 4.79 Å². The van der Waals surface area contributed by atoms with Gasteiger partial charge in [0.25, 0.3) is 0 Å². The topological polar surface area (TPSA) is 26.3 Å². The van der Waals surface area contributed by atoms with Crippen LogP contribution in [0.3, 0.4) is 0 Å². The third kappa shape index (κ3) is 3.42. The minimum absolute atomic E-state index is 0.215. The molecule has 0 saturated heterocycles. The molecule has 0 saturated carbocycles. The molecule has 2 nitrogen and oxygen atoms in total. The molecule has 0 bridgehead atoms. The van der Waals surface area contributed by atoms with Crippen molar-refractivity contribution in [2.24, 2.45) is 0 Å². The smallest absolute Gasteiger partial charge is 0.206 e. The first kappa shape index (κ1) is 12.8. The van der Waals surface area contributed by atoms with Crippen LogP contribution < -0.4 is 0 Å².